The van der Waals surface area contributed by atoms with Gasteiger partial charge in [0.25, 0.3) is 0 Å². The molecule has 116 valence electrons. The molecule has 8 heteroatoms. The maximum atomic E-state index is 13.1. The Morgan fingerprint density at radius 1 is 1.05 bits per heavy atom. The fourth-order valence-electron chi connectivity index (χ4n) is 2.16. The molecule has 0 atom stereocenters. The lowest BCUT2D eigenvalue weighted by Crippen LogP contribution is -2.33. The Morgan fingerprint density at radius 3 is 2.36 bits per heavy atom. The van der Waals surface area contributed by atoms with Gasteiger partial charge in [-0.1, -0.05) is 0 Å². The lowest BCUT2D eigenvalue weighted by atomic mass is 10.2. The Labute approximate surface area is 129 Å². The van der Waals surface area contributed by atoms with Crippen molar-refractivity contribution in [2.45, 2.75) is 6.18 Å². The second-order valence-corrected chi connectivity index (χ2v) is 5.99. The van der Waals surface area contributed by atoms with E-state index in [0.717, 1.165) is 17.6 Å². The predicted octanol–water partition coefficient (Wildman–Crippen LogP) is 3.11. The van der Waals surface area contributed by atoms with Gasteiger partial charge in [-0.3, -0.25) is 4.98 Å². The third-order valence-electron chi connectivity index (χ3n) is 3.28. The quantitative estimate of drug-likeness (QED) is 0.848. The first kappa shape index (κ1) is 15.1. The standard InChI is InChI=1S/C14H13F3N4S/c15-14(16,17)11-9-12(21-5-7-22-8-6-21)20-13(19-11)10-1-3-18-4-2-10/h1-4,9H,5-8H2. The summed E-state index contributed by atoms with van der Waals surface area (Å²) in [6.45, 7) is 1.38. The van der Waals surface area contributed by atoms with Gasteiger partial charge in [0.2, 0.25) is 0 Å². The molecule has 3 rings (SSSR count). The number of hydrogen-bond acceptors (Lipinski definition) is 5. The molecule has 0 bridgehead atoms. The van der Waals surface area contributed by atoms with Gasteiger partial charge in [-0.15, -0.1) is 0 Å². The number of hydrogen-bond donors (Lipinski definition) is 0. The zero-order chi connectivity index (χ0) is 15.6. The first-order chi connectivity index (χ1) is 10.5. The fraction of sp³-hybridized carbons (Fsp3) is 0.357. The highest BCUT2D eigenvalue weighted by Crippen LogP contribution is 2.32. The molecular weight excluding hydrogens is 313 g/mol. The first-order valence-corrected chi connectivity index (χ1v) is 7.89. The van der Waals surface area contributed by atoms with Crippen LogP contribution in [0.3, 0.4) is 0 Å². The van der Waals surface area contributed by atoms with Crippen LogP contribution >= 0.6 is 11.8 Å². The van der Waals surface area contributed by atoms with E-state index >= 15 is 0 Å². The number of aromatic nitrogens is 3. The third-order valence-corrected chi connectivity index (χ3v) is 4.22. The largest absolute Gasteiger partial charge is 0.433 e. The summed E-state index contributed by atoms with van der Waals surface area (Å²) in [7, 11) is 0. The van der Waals surface area contributed by atoms with Crippen molar-refractivity contribution in [3.8, 4) is 11.4 Å². The smallest absolute Gasteiger partial charge is 0.355 e. The van der Waals surface area contributed by atoms with Crippen LogP contribution in [-0.2, 0) is 6.18 Å². The minimum Gasteiger partial charge on any atom is -0.355 e. The van der Waals surface area contributed by atoms with Crippen LogP contribution in [0.5, 0.6) is 0 Å². The number of alkyl halides is 3. The average Bonchev–Trinajstić information content (AvgIpc) is 2.55. The van der Waals surface area contributed by atoms with Crippen LogP contribution in [0.1, 0.15) is 5.69 Å². The van der Waals surface area contributed by atoms with Gasteiger partial charge in [-0.05, 0) is 12.1 Å². The van der Waals surface area contributed by atoms with Crippen molar-refractivity contribution in [2.24, 2.45) is 0 Å². The highest BCUT2D eigenvalue weighted by molar-refractivity contribution is 7.99. The zero-order valence-electron chi connectivity index (χ0n) is 11.5. The summed E-state index contributed by atoms with van der Waals surface area (Å²) in [6.07, 6.45) is -1.48. The lowest BCUT2D eigenvalue weighted by Gasteiger charge is -2.28. The van der Waals surface area contributed by atoms with Crippen LogP contribution in [0, 0.1) is 0 Å². The maximum absolute atomic E-state index is 13.1. The third kappa shape index (κ3) is 3.32. The number of anilines is 1. The number of nitrogens with zero attached hydrogens (tertiary/aromatic N) is 4. The average molecular weight is 326 g/mol. The number of rotatable bonds is 2. The molecule has 0 amide bonds. The Balaban J connectivity index is 2.06. The predicted molar refractivity (Wildman–Crippen MR) is 79.8 cm³/mol. The summed E-state index contributed by atoms with van der Waals surface area (Å²) >= 11 is 1.79. The molecule has 3 heterocycles. The van der Waals surface area contributed by atoms with E-state index in [1.54, 1.807) is 23.9 Å². The first-order valence-electron chi connectivity index (χ1n) is 6.73. The molecule has 2 aromatic rings. The zero-order valence-corrected chi connectivity index (χ0v) is 12.4. The molecule has 0 N–H and O–H groups in total. The van der Waals surface area contributed by atoms with E-state index in [0.29, 0.717) is 24.5 Å². The Bertz CT molecular complexity index is 642. The van der Waals surface area contributed by atoms with E-state index in [1.165, 1.54) is 12.4 Å². The van der Waals surface area contributed by atoms with Gasteiger partial charge in [0.15, 0.2) is 11.5 Å². The molecule has 1 aliphatic rings. The Hall–Kier alpha value is -1.83. The van der Waals surface area contributed by atoms with Gasteiger partial charge in [0.05, 0.1) is 0 Å². The van der Waals surface area contributed by atoms with E-state index in [2.05, 4.69) is 15.0 Å². The lowest BCUT2D eigenvalue weighted by molar-refractivity contribution is -0.141. The number of pyridine rings is 1. The molecule has 0 radical (unpaired) electrons. The van der Waals surface area contributed by atoms with E-state index in [-0.39, 0.29) is 5.82 Å². The molecule has 1 aliphatic heterocycles. The van der Waals surface area contributed by atoms with Gasteiger partial charge < -0.3 is 4.90 Å². The van der Waals surface area contributed by atoms with E-state index in [1.807, 2.05) is 4.90 Å². The van der Waals surface area contributed by atoms with Crippen LogP contribution in [0.2, 0.25) is 0 Å². The maximum Gasteiger partial charge on any atom is 0.433 e. The highest BCUT2D eigenvalue weighted by atomic mass is 32.2. The van der Waals surface area contributed by atoms with Crippen molar-refractivity contribution < 1.29 is 13.2 Å². The molecule has 0 aliphatic carbocycles. The van der Waals surface area contributed by atoms with Crippen molar-refractivity contribution >= 4 is 17.6 Å². The molecule has 0 aromatic carbocycles. The van der Waals surface area contributed by atoms with Crippen molar-refractivity contribution in [1.82, 2.24) is 15.0 Å². The Kier molecular flexibility index (Phi) is 4.19. The minimum atomic E-state index is -4.50. The van der Waals surface area contributed by atoms with E-state index in [4.69, 9.17) is 0 Å². The normalized spacial score (nSPS) is 15.9. The molecule has 1 saturated heterocycles. The van der Waals surface area contributed by atoms with Gasteiger partial charge in [0, 0.05) is 48.6 Å². The fourth-order valence-corrected chi connectivity index (χ4v) is 3.07. The molecular formula is C14H13F3N4S. The summed E-state index contributed by atoms with van der Waals surface area (Å²) in [5.74, 6) is 2.17. The molecule has 0 spiro atoms. The second-order valence-electron chi connectivity index (χ2n) is 4.77. The van der Waals surface area contributed by atoms with E-state index < -0.39 is 11.9 Å². The molecule has 1 fully saturated rings. The second kappa shape index (κ2) is 6.12. The molecule has 22 heavy (non-hydrogen) atoms. The summed E-state index contributed by atoms with van der Waals surface area (Å²) in [4.78, 5) is 13.7. The van der Waals surface area contributed by atoms with Crippen LogP contribution < -0.4 is 4.90 Å². The number of halogens is 3. The van der Waals surface area contributed by atoms with Crippen LogP contribution in [0.25, 0.3) is 11.4 Å². The highest BCUT2D eigenvalue weighted by Gasteiger charge is 2.34. The van der Waals surface area contributed by atoms with E-state index in [9.17, 15) is 13.2 Å². The molecule has 0 saturated carbocycles. The van der Waals surface area contributed by atoms with Gasteiger partial charge in [0.1, 0.15) is 5.82 Å². The van der Waals surface area contributed by atoms with Crippen molar-refractivity contribution in [3.63, 3.8) is 0 Å². The SMILES string of the molecule is FC(F)(F)c1cc(N2CCSCC2)nc(-c2ccncc2)n1. The summed E-state index contributed by atoms with van der Waals surface area (Å²) in [5, 5.41) is 0. The van der Waals surface area contributed by atoms with Gasteiger partial charge >= 0.3 is 6.18 Å². The summed E-state index contributed by atoms with van der Waals surface area (Å²) in [6, 6.07) is 4.23. The monoisotopic (exact) mass is 326 g/mol. The molecule has 0 unspecified atom stereocenters. The molecule has 4 nitrogen and oxygen atoms in total. The van der Waals surface area contributed by atoms with Crippen LogP contribution in [0.15, 0.2) is 30.6 Å². The van der Waals surface area contributed by atoms with Crippen LogP contribution in [0.4, 0.5) is 19.0 Å². The minimum absolute atomic E-state index is 0.0745. The van der Waals surface area contributed by atoms with Crippen LogP contribution in [-0.4, -0.2) is 39.5 Å². The topological polar surface area (TPSA) is 41.9 Å². The number of thioether (sulfide) groups is 1. The van der Waals surface area contributed by atoms with Crippen molar-refractivity contribution in [2.75, 3.05) is 29.5 Å². The summed E-state index contributed by atoms with van der Waals surface area (Å²) < 4.78 is 39.3. The molecule has 2 aromatic heterocycles. The van der Waals surface area contributed by atoms with Gasteiger partial charge in [-0.25, -0.2) is 9.97 Å². The van der Waals surface area contributed by atoms with Crippen molar-refractivity contribution in [3.05, 3.63) is 36.3 Å². The van der Waals surface area contributed by atoms with Crippen molar-refractivity contribution in [1.29, 1.82) is 0 Å². The summed E-state index contributed by atoms with van der Waals surface area (Å²) in [5.41, 5.74) is -0.392. The Morgan fingerprint density at radius 2 is 1.73 bits per heavy atom. The van der Waals surface area contributed by atoms with Gasteiger partial charge in [-0.2, -0.15) is 24.9 Å².